The molecule has 0 amide bonds. The van der Waals surface area contributed by atoms with Crippen molar-refractivity contribution in [2.45, 2.75) is 71.1 Å². The van der Waals surface area contributed by atoms with Crippen molar-refractivity contribution in [3.63, 3.8) is 0 Å². The number of hydrogen-bond acceptors (Lipinski definition) is 2. The number of Topliss-reactive ketones (excluding diaryl/α,β-unsaturated/α-hetero) is 2. The van der Waals surface area contributed by atoms with E-state index in [9.17, 15) is 9.59 Å². The van der Waals surface area contributed by atoms with Crippen LogP contribution in [-0.2, 0) is 12.8 Å². The SMILES string of the molecule is CC=C1CCC(CC2CCc3ccc4c(c3-c3cc(C(C)=O)ccc32)CCC4=O)C1. The molecule has 0 N–H and O–H groups in total. The number of benzene rings is 2. The van der Waals surface area contributed by atoms with Gasteiger partial charge >= 0.3 is 0 Å². The predicted octanol–water partition coefficient (Wildman–Crippen LogP) is 6.85. The number of aryl methyl sites for hydroxylation is 1. The first-order valence-electron chi connectivity index (χ1n) is 11.5. The minimum absolute atomic E-state index is 0.109. The van der Waals surface area contributed by atoms with Crippen molar-refractivity contribution in [3.8, 4) is 11.1 Å². The topological polar surface area (TPSA) is 34.1 Å². The van der Waals surface area contributed by atoms with E-state index in [1.165, 1.54) is 53.5 Å². The molecule has 30 heavy (non-hydrogen) atoms. The summed E-state index contributed by atoms with van der Waals surface area (Å²) in [6.07, 6.45) is 11.0. The standard InChI is InChI=1S/C28H30O2/c1-3-18-4-5-19(14-18)15-22-7-6-20-8-11-24-25(12-13-27(24)30)28(20)26-16-21(17(2)29)9-10-23(22)26/h3,8-11,16,19,22H,4-7,12-15H2,1-2H3. The molecule has 0 aromatic heterocycles. The van der Waals surface area contributed by atoms with Gasteiger partial charge in [0.1, 0.15) is 0 Å². The van der Waals surface area contributed by atoms with Crippen LogP contribution in [-0.4, -0.2) is 11.6 Å². The van der Waals surface area contributed by atoms with Crippen molar-refractivity contribution in [3.05, 3.63) is 69.8 Å². The third-order valence-corrected chi connectivity index (χ3v) is 7.68. The minimum Gasteiger partial charge on any atom is -0.295 e. The van der Waals surface area contributed by atoms with Gasteiger partial charge in [-0.05, 0) is 105 Å². The van der Waals surface area contributed by atoms with Gasteiger partial charge in [-0.1, -0.05) is 35.9 Å². The second-order valence-electron chi connectivity index (χ2n) is 9.43. The number of hydrogen-bond donors (Lipinski definition) is 0. The van der Waals surface area contributed by atoms with Gasteiger partial charge in [-0.15, -0.1) is 0 Å². The molecule has 5 rings (SSSR count). The van der Waals surface area contributed by atoms with Crippen LogP contribution in [0.25, 0.3) is 11.1 Å². The molecule has 0 saturated heterocycles. The molecule has 0 aliphatic heterocycles. The zero-order valence-electron chi connectivity index (χ0n) is 18.1. The summed E-state index contributed by atoms with van der Waals surface area (Å²) < 4.78 is 0. The number of rotatable bonds is 3. The maximum atomic E-state index is 12.4. The van der Waals surface area contributed by atoms with Crippen LogP contribution in [0.2, 0.25) is 0 Å². The molecule has 2 aromatic rings. The molecule has 1 fully saturated rings. The van der Waals surface area contributed by atoms with Crippen LogP contribution in [0.15, 0.2) is 42.0 Å². The molecule has 3 aliphatic rings. The van der Waals surface area contributed by atoms with Crippen molar-refractivity contribution in [1.82, 2.24) is 0 Å². The first kappa shape index (κ1) is 19.5. The van der Waals surface area contributed by atoms with Crippen molar-refractivity contribution in [2.24, 2.45) is 5.92 Å². The predicted molar refractivity (Wildman–Crippen MR) is 121 cm³/mol. The van der Waals surface area contributed by atoms with Gasteiger partial charge in [-0.3, -0.25) is 9.59 Å². The summed E-state index contributed by atoms with van der Waals surface area (Å²) in [7, 11) is 0. The summed E-state index contributed by atoms with van der Waals surface area (Å²) in [6.45, 7) is 3.81. The van der Waals surface area contributed by atoms with E-state index in [0.717, 1.165) is 36.3 Å². The highest BCUT2D eigenvalue weighted by molar-refractivity contribution is 6.03. The molecule has 0 heterocycles. The molecule has 0 bridgehead atoms. The Labute approximate surface area is 179 Å². The average Bonchev–Trinajstić information content (AvgIpc) is 3.32. The number of ketones is 2. The van der Waals surface area contributed by atoms with Crippen molar-refractivity contribution >= 4 is 11.6 Å². The Morgan fingerprint density at radius 3 is 2.67 bits per heavy atom. The summed E-state index contributed by atoms with van der Waals surface area (Å²) in [5, 5.41) is 0. The number of fused-ring (bicyclic) bond motifs is 5. The normalized spacial score (nSPS) is 23.8. The zero-order valence-corrected chi connectivity index (χ0v) is 18.1. The smallest absolute Gasteiger partial charge is 0.163 e. The molecule has 2 atom stereocenters. The molecule has 2 unspecified atom stereocenters. The van der Waals surface area contributed by atoms with Gasteiger partial charge in [-0.25, -0.2) is 0 Å². The molecular weight excluding hydrogens is 368 g/mol. The number of carbonyl (C=O) groups is 2. The van der Waals surface area contributed by atoms with E-state index in [4.69, 9.17) is 0 Å². The van der Waals surface area contributed by atoms with Gasteiger partial charge in [0.25, 0.3) is 0 Å². The Hall–Kier alpha value is -2.48. The summed E-state index contributed by atoms with van der Waals surface area (Å²) in [5.41, 5.74) is 9.74. The fourth-order valence-electron chi connectivity index (χ4n) is 6.04. The molecule has 0 radical (unpaired) electrons. The molecule has 0 spiro atoms. The fraction of sp³-hybridized carbons (Fsp3) is 0.429. The van der Waals surface area contributed by atoms with E-state index >= 15 is 0 Å². The van der Waals surface area contributed by atoms with E-state index in [0.29, 0.717) is 12.3 Å². The molecule has 2 heteroatoms. The lowest BCUT2D eigenvalue weighted by Crippen LogP contribution is -2.07. The summed E-state index contributed by atoms with van der Waals surface area (Å²) in [4.78, 5) is 24.6. The van der Waals surface area contributed by atoms with Crippen molar-refractivity contribution in [1.29, 1.82) is 0 Å². The molecule has 2 nitrogen and oxygen atoms in total. The largest absolute Gasteiger partial charge is 0.295 e. The van der Waals surface area contributed by atoms with Gasteiger partial charge < -0.3 is 0 Å². The monoisotopic (exact) mass is 398 g/mol. The Kier molecular flexibility index (Phi) is 4.97. The van der Waals surface area contributed by atoms with E-state index in [2.05, 4.69) is 31.2 Å². The van der Waals surface area contributed by atoms with Crippen LogP contribution in [0, 0.1) is 5.92 Å². The first-order chi connectivity index (χ1) is 14.5. The van der Waals surface area contributed by atoms with E-state index in [1.807, 2.05) is 12.1 Å². The van der Waals surface area contributed by atoms with Crippen LogP contribution in [0.5, 0.6) is 0 Å². The van der Waals surface area contributed by atoms with Crippen LogP contribution >= 0.6 is 0 Å². The fourth-order valence-corrected chi connectivity index (χ4v) is 6.04. The van der Waals surface area contributed by atoms with Crippen LogP contribution in [0.1, 0.15) is 95.7 Å². The summed E-state index contributed by atoms with van der Waals surface area (Å²) >= 11 is 0. The lowest BCUT2D eigenvalue weighted by Gasteiger charge is -2.22. The number of carbonyl (C=O) groups excluding carboxylic acids is 2. The highest BCUT2D eigenvalue weighted by Crippen LogP contribution is 2.47. The maximum absolute atomic E-state index is 12.4. The Morgan fingerprint density at radius 1 is 1.03 bits per heavy atom. The highest BCUT2D eigenvalue weighted by atomic mass is 16.1. The van der Waals surface area contributed by atoms with Gasteiger partial charge in [0.15, 0.2) is 11.6 Å². The van der Waals surface area contributed by atoms with Crippen LogP contribution < -0.4 is 0 Å². The summed E-state index contributed by atoms with van der Waals surface area (Å²) in [6, 6.07) is 10.6. The van der Waals surface area contributed by atoms with Crippen LogP contribution in [0.4, 0.5) is 0 Å². The summed E-state index contributed by atoms with van der Waals surface area (Å²) in [5.74, 6) is 1.65. The second-order valence-corrected chi connectivity index (χ2v) is 9.43. The third-order valence-electron chi connectivity index (χ3n) is 7.68. The lowest BCUT2D eigenvalue weighted by atomic mass is 9.82. The van der Waals surface area contributed by atoms with Gasteiger partial charge in [0.2, 0.25) is 0 Å². The first-order valence-corrected chi connectivity index (χ1v) is 11.5. The Balaban J connectivity index is 1.62. The minimum atomic E-state index is 0.109. The third kappa shape index (κ3) is 3.27. The number of allylic oxidation sites excluding steroid dienone is 2. The van der Waals surface area contributed by atoms with Gasteiger partial charge in [-0.2, -0.15) is 0 Å². The van der Waals surface area contributed by atoms with Crippen molar-refractivity contribution in [2.75, 3.05) is 0 Å². The van der Waals surface area contributed by atoms with Gasteiger partial charge in [0, 0.05) is 17.5 Å². The van der Waals surface area contributed by atoms with Crippen LogP contribution in [0.3, 0.4) is 0 Å². The molecule has 154 valence electrons. The van der Waals surface area contributed by atoms with Crippen molar-refractivity contribution < 1.29 is 9.59 Å². The average molecular weight is 399 g/mol. The zero-order chi connectivity index (χ0) is 20.8. The van der Waals surface area contributed by atoms with E-state index in [1.54, 1.807) is 12.5 Å². The Bertz CT molecular complexity index is 1070. The van der Waals surface area contributed by atoms with E-state index < -0.39 is 0 Å². The molecule has 1 saturated carbocycles. The molecular formula is C28H30O2. The lowest BCUT2D eigenvalue weighted by molar-refractivity contribution is 0.0991. The second kappa shape index (κ2) is 7.65. The molecule has 3 aliphatic carbocycles. The molecule has 2 aromatic carbocycles. The Morgan fingerprint density at radius 2 is 1.90 bits per heavy atom. The quantitative estimate of drug-likeness (QED) is 0.418. The highest BCUT2D eigenvalue weighted by Gasteiger charge is 2.31. The van der Waals surface area contributed by atoms with Gasteiger partial charge in [0.05, 0.1) is 0 Å². The maximum Gasteiger partial charge on any atom is 0.163 e. The van der Waals surface area contributed by atoms with E-state index in [-0.39, 0.29) is 11.6 Å².